The van der Waals surface area contributed by atoms with E-state index in [0.717, 1.165) is 5.56 Å². The zero-order chi connectivity index (χ0) is 14.9. The molecule has 2 N–H and O–H groups in total. The fourth-order valence-corrected chi connectivity index (χ4v) is 2.78. The number of anilines is 1. The maximum absolute atomic E-state index is 11.1. The van der Waals surface area contributed by atoms with Crippen molar-refractivity contribution in [2.75, 3.05) is 11.9 Å². The Kier molecular flexibility index (Phi) is 3.78. The molecule has 0 bridgehead atoms. The van der Waals surface area contributed by atoms with Gasteiger partial charge in [0.2, 0.25) is 5.82 Å². The third kappa shape index (κ3) is 2.66. The summed E-state index contributed by atoms with van der Waals surface area (Å²) in [6.45, 7) is 3.40. The van der Waals surface area contributed by atoms with Crippen molar-refractivity contribution in [2.45, 2.75) is 19.4 Å². The highest BCUT2D eigenvalue weighted by molar-refractivity contribution is 7.08. The van der Waals surface area contributed by atoms with Crippen molar-refractivity contribution in [1.82, 2.24) is 9.78 Å². The molecule has 0 saturated carbocycles. The third-order valence-corrected chi connectivity index (χ3v) is 3.80. The fraction of sp³-hybridized carbons (Fsp3) is 0.417. The Morgan fingerprint density at radius 2 is 2.35 bits per heavy atom. The summed E-state index contributed by atoms with van der Waals surface area (Å²) in [6.07, 6.45) is 0. The highest BCUT2D eigenvalue weighted by Gasteiger charge is 2.28. The normalized spacial score (nSPS) is 14.0. The smallest absolute Gasteiger partial charge is 0.333 e. The average Bonchev–Trinajstić information content (AvgIpc) is 2.94. The van der Waals surface area contributed by atoms with Gasteiger partial charge in [0.1, 0.15) is 11.3 Å². The molecule has 0 aromatic carbocycles. The van der Waals surface area contributed by atoms with Gasteiger partial charge in [0.15, 0.2) is 0 Å². The van der Waals surface area contributed by atoms with Crippen LogP contribution in [0, 0.1) is 17.0 Å². The van der Waals surface area contributed by atoms with Gasteiger partial charge in [0, 0.05) is 13.6 Å². The first-order valence-electron chi connectivity index (χ1n) is 6.00. The lowest BCUT2D eigenvalue weighted by molar-refractivity contribution is -0.384. The van der Waals surface area contributed by atoms with Crippen LogP contribution in [0.4, 0.5) is 11.5 Å². The molecular formula is C12H16N4O3S. The van der Waals surface area contributed by atoms with Gasteiger partial charge in [0.25, 0.3) is 0 Å². The van der Waals surface area contributed by atoms with Gasteiger partial charge in [-0.05, 0) is 36.2 Å². The van der Waals surface area contributed by atoms with Crippen molar-refractivity contribution in [3.8, 4) is 0 Å². The third-order valence-electron chi connectivity index (χ3n) is 3.12. The molecule has 2 heterocycles. The zero-order valence-corrected chi connectivity index (χ0v) is 12.3. The molecule has 0 amide bonds. The van der Waals surface area contributed by atoms with Gasteiger partial charge in [-0.15, -0.1) is 0 Å². The molecule has 0 radical (unpaired) electrons. The Morgan fingerprint density at radius 3 is 2.90 bits per heavy atom. The maximum Gasteiger partial charge on any atom is 0.333 e. The lowest BCUT2D eigenvalue weighted by atomic mass is 9.99. The van der Waals surface area contributed by atoms with Crippen LogP contribution in [0.15, 0.2) is 16.8 Å². The quantitative estimate of drug-likeness (QED) is 0.650. The van der Waals surface area contributed by atoms with Gasteiger partial charge in [-0.1, -0.05) is 0 Å². The summed E-state index contributed by atoms with van der Waals surface area (Å²) in [4.78, 5) is 10.6. The standard InChI is InChI=1S/C12H16N4O3S/c1-8-10(16(18)19)11(15(3)14-8)13-7-12(2,17)9-4-5-20-6-9/h4-6,13,17H,7H2,1-3H3/t12-/m1/s1. The monoisotopic (exact) mass is 296 g/mol. The molecular weight excluding hydrogens is 280 g/mol. The number of nitrogens with zero attached hydrogens (tertiary/aromatic N) is 3. The molecule has 0 aliphatic rings. The Bertz CT molecular complexity index is 619. The number of hydrogen-bond acceptors (Lipinski definition) is 6. The number of thiophene rings is 1. The van der Waals surface area contributed by atoms with Gasteiger partial charge in [-0.25, -0.2) is 4.68 Å². The predicted molar refractivity (Wildman–Crippen MR) is 77.0 cm³/mol. The van der Waals surface area contributed by atoms with E-state index in [1.807, 2.05) is 16.8 Å². The Balaban J connectivity index is 2.22. The first kappa shape index (κ1) is 14.5. The number of aryl methyl sites for hydroxylation is 2. The SMILES string of the molecule is Cc1nn(C)c(NC[C@@](C)(O)c2ccsc2)c1[N+](=O)[O-]. The molecule has 1 atom stereocenters. The van der Waals surface area contributed by atoms with Crippen molar-refractivity contribution in [2.24, 2.45) is 7.05 Å². The summed E-state index contributed by atoms with van der Waals surface area (Å²) < 4.78 is 1.41. The van der Waals surface area contributed by atoms with E-state index in [-0.39, 0.29) is 12.2 Å². The number of aromatic nitrogens is 2. The second kappa shape index (κ2) is 5.22. The fourth-order valence-electron chi connectivity index (χ4n) is 1.99. The Morgan fingerprint density at radius 1 is 1.65 bits per heavy atom. The number of aliphatic hydroxyl groups is 1. The molecule has 0 fully saturated rings. The van der Waals surface area contributed by atoms with E-state index in [1.165, 1.54) is 16.0 Å². The highest BCUT2D eigenvalue weighted by atomic mass is 32.1. The van der Waals surface area contributed by atoms with E-state index in [2.05, 4.69) is 10.4 Å². The predicted octanol–water partition coefficient (Wildman–Crippen LogP) is 2.02. The molecule has 2 aromatic heterocycles. The minimum absolute atomic E-state index is 0.0615. The Hall–Kier alpha value is -1.93. The number of nitrogens with one attached hydrogen (secondary N) is 1. The largest absolute Gasteiger partial charge is 0.384 e. The number of hydrogen-bond donors (Lipinski definition) is 2. The molecule has 0 aliphatic heterocycles. The van der Waals surface area contributed by atoms with Crippen LogP contribution in [0.25, 0.3) is 0 Å². The van der Waals surface area contributed by atoms with Crippen molar-refractivity contribution in [3.63, 3.8) is 0 Å². The van der Waals surface area contributed by atoms with Crippen LogP contribution in [0.1, 0.15) is 18.2 Å². The molecule has 2 aromatic rings. The van der Waals surface area contributed by atoms with Crippen LogP contribution in [0.3, 0.4) is 0 Å². The molecule has 0 saturated heterocycles. The van der Waals surface area contributed by atoms with Crippen molar-refractivity contribution >= 4 is 22.8 Å². The van der Waals surface area contributed by atoms with E-state index in [9.17, 15) is 15.2 Å². The van der Waals surface area contributed by atoms with Gasteiger partial charge in [0.05, 0.1) is 4.92 Å². The second-order valence-corrected chi connectivity index (χ2v) is 5.58. The summed E-state index contributed by atoms with van der Waals surface area (Å²) in [5.74, 6) is 0.294. The van der Waals surface area contributed by atoms with Crippen LogP contribution in [-0.4, -0.2) is 26.4 Å². The first-order chi connectivity index (χ1) is 9.33. The number of nitro groups is 1. The van der Waals surface area contributed by atoms with Gasteiger partial charge in [-0.2, -0.15) is 16.4 Å². The topological polar surface area (TPSA) is 93.2 Å². The molecule has 8 heteroatoms. The van der Waals surface area contributed by atoms with Crippen LogP contribution < -0.4 is 5.32 Å². The molecule has 0 aliphatic carbocycles. The van der Waals surface area contributed by atoms with Gasteiger partial charge < -0.3 is 10.4 Å². The first-order valence-corrected chi connectivity index (χ1v) is 6.94. The molecule has 20 heavy (non-hydrogen) atoms. The Labute approximate surface area is 120 Å². The second-order valence-electron chi connectivity index (χ2n) is 4.80. The van der Waals surface area contributed by atoms with E-state index >= 15 is 0 Å². The summed E-state index contributed by atoms with van der Waals surface area (Å²) in [5.41, 5.74) is -0.0492. The lowest BCUT2D eigenvalue weighted by Crippen LogP contribution is -2.31. The van der Waals surface area contributed by atoms with Gasteiger partial charge in [-0.3, -0.25) is 10.1 Å². The van der Waals surface area contributed by atoms with Crippen molar-refractivity contribution < 1.29 is 10.0 Å². The van der Waals surface area contributed by atoms with Crippen LogP contribution in [-0.2, 0) is 12.6 Å². The van der Waals surface area contributed by atoms with E-state index in [0.29, 0.717) is 11.5 Å². The molecule has 2 rings (SSSR count). The molecule has 0 spiro atoms. The van der Waals surface area contributed by atoms with Crippen LogP contribution in [0.5, 0.6) is 0 Å². The van der Waals surface area contributed by atoms with Crippen LogP contribution in [0.2, 0.25) is 0 Å². The summed E-state index contributed by atoms with van der Waals surface area (Å²) in [5, 5.41) is 32.1. The highest BCUT2D eigenvalue weighted by Crippen LogP contribution is 2.29. The zero-order valence-electron chi connectivity index (χ0n) is 11.5. The molecule has 0 unspecified atom stereocenters. The van der Waals surface area contributed by atoms with E-state index < -0.39 is 10.5 Å². The summed E-state index contributed by atoms with van der Waals surface area (Å²) in [6, 6.07) is 1.83. The molecule has 7 nitrogen and oxygen atoms in total. The van der Waals surface area contributed by atoms with E-state index in [1.54, 1.807) is 20.9 Å². The van der Waals surface area contributed by atoms with Crippen molar-refractivity contribution in [3.05, 3.63) is 38.2 Å². The number of rotatable bonds is 5. The lowest BCUT2D eigenvalue weighted by Gasteiger charge is -2.23. The summed E-state index contributed by atoms with van der Waals surface area (Å²) in [7, 11) is 1.63. The minimum Gasteiger partial charge on any atom is -0.384 e. The van der Waals surface area contributed by atoms with E-state index in [4.69, 9.17) is 0 Å². The minimum atomic E-state index is -1.11. The molecule has 108 valence electrons. The average molecular weight is 296 g/mol. The van der Waals surface area contributed by atoms with Gasteiger partial charge >= 0.3 is 5.69 Å². The van der Waals surface area contributed by atoms with Crippen LogP contribution >= 0.6 is 11.3 Å². The summed E-state index contributed by atoms with van der Waals surface area (Å²) >= 11 is 1.49. The van der Waals surface area contributed by atoms with Crippen molar-refractivity contribution in [1.29, 1.82) is 0 Å². The maximum atomic E-state index is 11.1.